The number of likely N-dealkylation sites (tertiary alicyclic amines) is 1. The van der Waals surface area contributed by atoms with Crippen LogP contribution in [0.5, 0.6) is 0 Å². The van der Waals surface area contributed by atoms with Gasteiger partial charge in [-0.15, -0.1) is 0 Å². The first-order valence-electron chi connectivity index (χ1n) is 7.29. The number of carbonyl (C=O) groups is 1. The van der Waals surface area contributed by atoms with Crippen LogP contribution in [0.25, 0.3) is 0 Å². The number of piperidine rings is 1. The zero-order chi connectivity index (χ0) is 14.3. The molecule has 1 aliphatic heterocycles. The van der Waals surface area contributed by atoms with Gasteiger partial charge >= 0.3 is 6.03 Å². The molecule has 19 heavy (non-hydrogen) atoms. The summed E-state index contributed by atoms with van der Waals surface area (Å²) in [5, 5.41) is 12.4. The first-order chi connectivity index (χ1) is 9.00. The molecule has 2 amide bonds. The highest BCUT2D eigenvalue weighted by atomic mass is 16.5. The predicted molar refractivity (Wildman–Crippen MR) is 75.0 cm³/mol. The Morgan fingerprint density at radius 1 is 1.37 bits per heavy atom. The number of rotatable bonds is 6. The molecule has 5 heteroatoms. The molecular weight excluding hydrogens is 244 g/mol. The number of hydrogen-bond donors (Lipinski definition) is 2. The molecule has 1 aliphatic rings. The van der Waals surface area contributed by atoms with Crippen LogP contribution in [0.1, 0.15) is 33.6 Å². The summed E-state index contributed by atoms with van der Waals surface area (Å²) in [4.78, 5) is 13.7. The number of urea groups is 1. The van der Waals surface area contributed by atoms with Gasteiger partial charge < -0.3 is 20.1 Å². The highest BCUT2D eigenvalue weighted by molar-refractivity contribution is 5.74. The van der Waals surface area contributed by atoms with Crippen molar-refractivity contribution < 1.29 is 14.6 Å². The van der Waals surface area contributed by atoms with E-state index >= 15 is 0 Å². The van der Waals surface area contributed by atoms with Crippen molar-refractivity contribution in [2.24, 2.45) is 11.8 Å². The lowest BCUT2D eigenvalue weighted by Crippen LogP contribution is -2.46. The van der Waals surface area contributed by atoms with Gasteiger partial charge in [0.05, 0.1) is 12.7 Å². The molecule has 2 N–H and O–H groups in total. The SMILES string of the molecule is CC(C)COCCNC(=O)N1CCC(C(C)O)CC1. The van der Waals surface area contributed by atoms with E-state index < -0.39 is 0 Å². The molecule has 0 aliphatic carbocycles. The first-order valence-corrected chi connectivity index (χ1v) is 7.29. The van der Waals surface area contributed by atoms with Crippen LogP contribution in [0.2, 0.25) is 0 Å². The maximum absolute atomic E-state index is 11.9. The van der Waals surface area contributed by atoms with E-state index in [-0.39, 0.29) is 12.1 Å². The normalized spacial score (nSPS) is 18.7. The third kappa shape index (κ3) is 6.25. The van der Waals surface area contributed by atoms with Crippen LogP contribution < -0.4 is 5.32 Å². The van der Waals surface area contributed by atoms with Crippen molar-refractivity contribution in [2.75, 3.05) is 32.8 Å². The fourth-order valence-corrected chi connectivity index (χ4v) is 2.25. The largest absolute Gasteiger partial charge is 0.393 e. The Labute approximate surface area is 116 Å². The summed E-state index contributed by atoms with van der Waals surface area (Å²) >= 11 is 0. The van der Waals surface area contributed by atoms with Crippen LogP contribution in [-0.4, -0.2) is 55.0 Å². The molecule has 0 aromatic carbocycles. The minimum absolute atomic E-state index is 0.0165. The fourth-order valence-electron chi connectivity index (χ4n) is 2.25. The summed E-state index contributed by atoms with van der Waals surface area (Å²) in [6, 6.07) is -0.0165. The minimum Gasteiger partial charge on any atom is -0.393 e. The Hall–Kier alpha value is -0.810. The van der Waals surface area contributed by atoms with Gasteiger partial charge in [0.2, 0.25) is 0 Å². The second-order valence-corrected chi connectivity index (χ2v) is 5.77. The summed E-state index contributed by atoms with van der Waals surface area (Å²) in [6.07, 6.45) is 1.50. The van der Waals surface area contributed by atoms with Crippen LogP contribution in [0.3, 0.4) is 0 Å². The Morgan fingerprint density at radius 2 is 2.00 bits per heavy atom. The van der Waals surface area contributed by atoms with Gasteiger partial charge in [-0.05, 0) is 31.6 Å². The Kier molecular flexibility index (Phi) is 7.16. The highest BCUT2D eigenvalue weighted by Crippen LogP contribution is 2.20. The minimum atomic E-state index is -0.269. The van der Waals surface area contributed by atoms with Crippen LogP contribution in [0.4, 0.5) is 4.79 Å². The van der Waals surface area contributed by atoms with Crippen molar-refractivity contribution in [3.8, 4) is 0 Å². The topological polar surface area (TPSA) is 61.8 Å². The second kappa shape index (κ2) is 8.38. The summed E-state index contributed by atoms with van der Waals surface area (Å²) < 4.78 is 5.42. The zero-order valence-corrected chi connectivity index (χ0v) is 12.4. The van der Waals surface area contributed by atoms with Gasteiger partial charge in [0.25, 0.3) is 0 Å². The molecule has 0 saturated carbocycles. The van der Waals surface area contributed by atoms with Gasteiger partial charge in [-0.2, -0.15) is 0 Å². The number of carbonyl (C=O) groups excluding carboxylic acids is 1. The summed E-state index contributed by atoms with van der Waals surface area (Å²) in [7, 11) is 0. The Bertz CT molecular complexity index is 261. The fraction of sp³-hybridized carbons (Fsp3) is 0.929. The molecule has 1 heterocycles. The molecule has 1 rings (SSSR count). The molecule has 1 unspecified atom stereocenters. The summed E-state index contributed by atoms with van der Waals surface area (Å²) in [6.45, 7) is 9.34. The molecule has 0 spiro atoms. The lowest BCUT2D eigenvalue weighted by Gasteiger charge is -2.33. The number of ether oxygens (including phenoxy) is 1. The number of nitrogens with one attached hydrogen (secondary N) is 1. The maximum atomic E-state index is 11.9. The van der Waals surface area contributed by atoms with Crippen molar-refractivity contribution in [3.63, 3.8) is 0 Å². The third-order valence-electron chi connectivity index (χ3n) is 3.48. The maximum Gasteiger partial charge on any atom is 0.317 e. The molecular formula is C14H28N2O3. The average molecular weight is 272 g/mol. The van der Waals surface area contributed by atoms with Crippen LogP contribution in [0, 0.1) is 11.8 Å². The Morgan fingerprint density at radius 3 is 2.53 bits per heavy atom. The number of hydrogen-bond acceptors (Lipinski definition) is 3. The van der Waals surface area contributed by atoms with E-state index in [1.54, 1.807) is 0 Å². The van der Waals surface area contributed by atoms with Crippen molar-refractivity contribution in [3.05, 3.63) is 0 Å². The van der Waals surface area contributed by atoms with Gasteiger partial charge in [-0.3, -0.25) is 0 Å². The van der Waals surface area contributed by atoms with E-state index in [1.165, 1.54) is 0 Å². The third-order valence-corrected chi connectivity index (χ3v) is 3.48. The lowest BCUT2D eigenvalue weighted by molar-refractivity contribution is 0.0783. The second-order valence-electron chi connectivity index (χ2n) is 5.77. The molecule has 5 nitrogen and oxygen atoms in total. The van der Waals surface area contributed by atoms with Crippen molar-refractivity contribution in [2.45, 2.75) is 39.7 Å². The van der Waals surface area contributed by atoms with E-state index in [0.717, 1.165) is 32.5 Å². The van der Waals surface area contributed by atoms with Crippen LogP contribution in [-0.2, 0) is 4.74 Å². The lowest BCUT2D eigenvalue weighted by atomic mass is 9.92. The summed E-state index contributed by atoms with van der Waals surface area (Å²) in [5.41, 5.74) is 0. The van der Waals surface area contributed by atoms with E-state index in [0.29, 0.717) is 25.0 Å². The molecule has 1 atom stereocenters. The van der Waals surface area contributed by atoms with Gasteiger partial charge in [-0.1, -0.05) is 13.8 Å². The molecule has 112 valence electrons. The van der Waals surface area contributed by atoms with Crippen molar-refractivity contribution in [1.29, 1.82) is 0 Å². The highest BCUT2D eigenvalue weighted by Gasteiger charge is 2.24. The van der Waals surface area contributed by atoms with E-state index in [2.05, 4.69) is 19.2 Å². The average Bonchev–Trinajstić information content (AvgIpc) is 2.37. The molecule has 0 aromatic rings. The Balaban J connectivity index is 2.11. The zero-order valence-electron chi connectivity index (χ0n) is 12.4. The van der Waals surface area contributed by atoms with Gasteiger partial charge in [-0.25, -0.2) is 4.79 Å². The predicted octanol–water partition coefficient (Wildman–Crippen LogP) is 1.46. The van der Waals surface area contributed by atoms with Crippen LogP contribution >= 0.6 is 0 Å². The first kappa shape index (κ1) is 16.2. The standard InChI is InChI=1S/C14H28N2O3/c1-11(2)10-19-9-6-15-14(18)16-7-4-13(5-8-16)12(3)17/h11-13,17H,4-10H2,1-3H3,(H,15,18). The quantitative estimate of drug-likeness (QED) is 0.720. The van der Waals surface area contributed by atoms with E-state index in [4.69, 9.17) is 4.74 Å². The summed E-state index contributed by atoms with van der Waals surface area (Å²) in [5.74, 6) is 0.855. The molecule has 1 saturated heterocycles. The smallest absolute Gasteiger partial charge is 0.317 e. The number of aliphatic hydroxyl groups is 1. The van der Waals surface area contributed by atoms with E-state index in [1.807, 2.05) is 11.8 Å². The number of nitrogens with zero attached hydrogens (tertiary/aromatic N) is 1. The number of aliphatic hydroxyl groups excluding tert-OH is 1. The van der Waals surface area contributed by atoms with Crippen molar-refractivity contribution in [1.82, 2.24) is 10.2 Å². The monoisotopic (exact) mass is 272 g/mol. The molecule has 1 fully saturated rings. The van der Waals surface area contributed by atoms with Gasteiger partial charge in [0.1, 0.15) is 0 Å². The molecule has 0 bridgehead atoms. The van der Waals surface area contributed by atoms with Crippen molar-refractivity contribution >= 4 is 6.03 Å². The molecule has 0 aromatic heterocycles. The van der Waals surface area contributed by atoms with Gasteiger partial charge in [0, 0.05) is 26.2 Å². The van der Waals surface area contributed by atoms with Gasteiger partial charge in [0.15, 0.2) is 0 Å². The molecule has 0 radical (unpaired) electrons. The number of amides is 2. The van der Waals surface area contributed by atoms with Crippen LogP contribution in [0.15, 0.2) is 0 Å². The van der Waals surface area contributed by atoms with E-state index in [9.17, 15) is 9.90 Å².